The molecule has 1 saturated carbocycles. The van der Waals surface area contributed by atoms with Crippen LogP contribution in [0.25, 0.3) is 0 Å². The first-order chi connectivity index (χ1) is 12.1. The lowest BCUT2D eigenvalue weighted by atomic mass is 9.96. The minimum atomic E-state index is -0.190. The molecule has 1 fully saturated rings. The van der Waals surface area contributed by atoms with Crippen molar-refractivity contribution in [3.8, 4) is 5.75 Å². The van der Waals surface area contributed by atoms with Crippen LogP contribution in [0.15, 0.2) is 53.5 Å². The van der Waals surface area contributed by atoms with Crippen molar-refractivity contribution >= 4 is 29.9 Å². The third-order valence-electron chi connectivity index (χ3n) is 4.75. The van der Waals surface area contributed by atoms with Crippen LogP contribution < -0.4 is 15.4 Å². The Morgan fingerprint density at radius 1 is 1.08 bits per heavy atom. The van der Waals surface area contributed by atoms with Gasteiger partial charge in [-0.2, -0.15) is 0 Å². The molecule has 140 valence electrons. The molecule has 0 radical (unpaired) electrons. The molecule has 2 N–H and O–H groups in total. The lowest BCUT2D eigenvalue weighted by Gasteiger charge is -2.19. The van der Waals surface area contributed by atoms with Crippen LogP contribution in [0, 0.1) is 5.82 Å². The molecular formula is C20H25FIN3O. The molecule has 0 aromatic heterocycles. The van der Waals surface area contributed by atoms with E-state index in [4.69, 9.17) is 4.74 Å². The molecule has 0 bridgehead atoms. The van der Waals surface area contributed by atoms with Crippen molar-refractivity contribution in [2.24, 2.45) is 4.99 Å². The monoisotopic (exact) mass is 469 g/mol. The molecule has 0 unspecified atom stereocenters. The Balaban J connectivity index is 0.00000243. The molecule has 6 heteroatoms. The van der Waals surface area contributed by atoms with Crippen LogP contribution in [-0.4, -0.2) is 26.7 Å². The van der Waals surface area contributed by atoms with Crippen LogP contribution in [0.2, 0.25) is 0 Å². The molecule has 4 nitrogen and oxygen atoms in total. The van der Waals surface area contributed by atoms with Gasteiger partial charge in [0.15, 0.2) is 5.96 Å². The molecule has 0 spiro atoms. The smallest absolute Gasteiger partial charge is 0.191 e. The quantitative estimate of drug-likeness (QED) is 0.384. The number of aliphatic imine (C=N–C) groups is 1. The van der Waals surface area contributed by atoms with Crippen LogP contribution in [-0.2, 0) is 12.0 Å². The van der Waals surface area contributed by atoms with Crippen LogP contribution in [0.4, 0.5) is 4.39 Å². The minimum Gasteiger partial charge on any atom is -0.497 e. The van der Waals surface area contributed by atoms with Gasteiger partial charge in [-0.15, -0.1) is 24.0 Å². The van der Waals surface area contributed by atoms with E-state index in [1.54, 1.807) is 14.2 Å². The van der Waals surface area contributed by atoms with Crippen molar-refractivity contribution in [2.75, 3.05) is 20.7 Å². The third-order valence-corrected chi connectivity index (χ3v) is 4.75. The number of guanidine groups is 1. The Bertz CT molecular complexity index is 728. The van der Waals surface area contributed by atoms with E-state index < -0.39 is 0 Å². The number of ether oxygens (including phenoxy) is 1. The molecule has 0 heterocycles. The van der Waals surface area contributed by atoms with E-state index in [-0.39, 0.29) is 35.2 Å². The van der Waals surface area contributed by atoms with Crippen molar-refractivity contribution in [1.29, 1.82) is 0 Å². The second-order valence-corrected chi connectivity index (χ2v) is 6.41. The summed E-state index contributed by atoms with van der Waals surface area (Å²) >= 11 is 0. The average molecular weight is 469 g/mol. The Labute approximate surface area is 171 Å². The normalized spacial score (nSPS) is 15.0. The van der Waals surface area contributed by atoms with Crippen molar-refractivity contribution < 1.29 is 9.13 Å². The molecule has 3 rings (SSSR count). The summed E-state index contributed by atoms with van der Waals surface area (Å²) in [7, 11) is 3.43. The molecular weight excluding hydrogens is 444 g/mol. The zero-order valence-corrected chi connectivity index (χ0v) is 17.4. The summed E-state index contributed by atoms with van der Waals surface area (Å²) in [5, 5.41) is 6.72. The zero-order chi connectivity index (χ0) is 17.7. The van der Waals surface area contributed by atoms with Gasteiger partial charge >= 0.3 is 0 Å². The van der Waals surface area contributed by atoms with Crippen LogP contribution in [0.5, 0.6) is 5.75 Å². The SMILES string of the molecule is CN=C(NCc1ccc(OC)cc1)NCC1(c2ccc(F)cc2)CC1.I. The number of nitrogens with one attached hydrogen (secondary N) is 2. The van der Waals surface area contributed by atoms with Crippen molar-refractivity contribution in [1.82, 2.24) is 10.6 Å². The topological polar surface area (TPSA) is 45.7 Å². The molecule has 2 aromatic carbocycles. The van der Waals surface area contributed by atoms with Crippen LogP contribution in [0.3, 0.4) is 0 Å². The summed E-state index contributed by atoms with van der Waals surface area (Å²) < 4.78 is 18.3. The fraction of sp³-hybridized carbons (Fsp3) is 0.350. The summed E-state index contributed by atoms with van der Waals surface area (Å²) in [6.45, 7) is 1.48. The van der Waals surface area contributed by atoms with Gasteiger partial charge < -0.3 is 15.4 Å². The summed E-state index contributed by atoms with van der Waals surface area (Å²) in [5.41, 5.74) is 2.45. The number of hydrogen-bond acceptors (Lipinski definition) is 2. The minimum absolute atomic E-state index is 0. The van der Waals surface area contributed by atoms with E-state index in [9.17, 15) is 4.39 Å². The number of methoxy groups -OCH3 is 1. The second-order valence-electron chi connectivity index (χ2n) is 6.41. The first kappa shape index (κ1) is 20.5. The zero-order valence-electron chi connectivity index (χ0n) is 15.1. The van der Waals surface area contributed by atoms with Gasteiger partial charge in [0.1, 0.15) is 11.6 Å². The number of hydrogen-bond donors (Lipinski definition) is 2. The first-order valence-corrected chi connectivity index (χ1v) is 8.49. The lowest BCUT2D eigenvalue weighted by Crippen LogP contribution is -2.40. The lowest BCUT2D eigenvalue weighted by molar-refractivity contribution is 0.414. The molecule has 0 aliphatic heterocycles. The van der Waals surface area contributed by atoms with Gasteiger partial charge in [0, 0.05) is 25.6 Å². The molecule has 0 saturated heterocycles. The fourth-order valence-electron chi connectivity index (χ4n) is 2.92. The molecule has 1 aliphatic rings. The average Bonchev–Trinajstić information content (AvgIpc) is 3.44. The van der Waals surface area contributed by atoms with Gasteiger partial charge in [-0.05, 0) is 48.2 Å². The van der Waals surface area contributed by atoms with Crippen molar-refractivity contribution in [3.63, 3.8) is 0 Å². The Morgan fingerprint density at radius 3 is 2.27 bits per heavy atom. The summed E-state index contributed by atoms with van der Waals surface area (Å²) in [5.74, 6) is 1.43. The molecule has 0 atom stereocenters. The van der Waals surface area contributed by atoms with Gasteiger partial charge in [0.25, 0.3) is 0 Å². The predicted octanol–water partition coefficient (Wildman–Crippen LogP) is 3.85. The highest BCUT2D eigenvalue weighted by Gasteiger charge is 2.44. The van der Waals surface area contributed by atoms with E-state index in [2.05, 4.69) is 15.6 Å². The summed E-state index contributed by atoms with van der Waals surface area (Å²) in [6, 6.07) is 14.8. The molecule has 1 aliphatic carbocycles. The maximum absolute atomic E-state index is 13.1. The van der Waals surface area contributed by atoms with E-state index in [0.717, 1.165) is 36.7 Å². The molecule has 0 amide bonds. The predicted molar refractivity (Wildman–Crippen MR) is 114 cm³/mol. The van der Waals surface area contributed by atoms with Gasteiger partial charge in [0.2, 0.25) is 0 Å². The standard InChI is InChI=1S/C20H24FN3O.HI/c1-22-19(23-13-15-3-9-18(25-2)10-4-15)24-14-20(11-12-20)16-5-7-17(21)8-6-16;/h3-10H,11-14H2,1-2H3,(H2,22,23,24);1H. The summed E-state index contributed by atoms with van der Waals surface area (Å²) in [4.78, 5) is 4.29. The Hall–Kier alpha value is -1.83. The molecule has 2 aromatic rings. The van der Waals surface area contributed by atoms with E-state index >= 15 is 0 Å². The highest BCUT2D eigenvalue weighted by molar-refractivity contribution is 14.0. The number of rotatable bonds is 6. The number of nitrogens with zero attached hydrogens (tertiary/aromatic N) is 1. The van der Waals surface area contributed by atoms with E-state index in [1.807, 2.05) is 36.4 Å². The van der Waals surface area contributed by atoms with Gasteiger partial charge in [-0.25, -0.2) is 4.39 Å². The van der Waals surface area contributed by atoms with Crippen LogP contribution in [0.1, 0.15) is 24.0 Å². The van der Waals surface area contributed by atoms with Gasteiger partial charge in [-0.1, -0.05) is 24.3 Å². The second kappa shape index (κ2) is 9.21. The maximum atomic E-state index is 13.1. The van der Waals surface area contributed by atoms with E-state index in [1.165, 1.54) is 17.7 Å². The number of benzene rings is 2. The first-order valence-electron chi connectivity index (χ1n) is 8.49. The highest BCUT2D eigenvalue weighted by atomic mass is 127. The van der Waals surface area contributed by atoms with Gasteiger partial charge in [-0.3, -0.25) is 4.99 Å². The maximum Gasteiger partial charge on any atom is 0.191 e. The Morgan fingerprint density at radius 2 is 1.73 bits per heavy atom. The van der Waals surface area contributed by atoms with Gasteiger partial charge in [0.05, 0.1) is 7.11 Å². The molecule has 26 heavy (non-hydrogen) atoms. The number of halogens is 2. The van der Waals surface area contributed by atoms with E-state index in [0.29, 0.717) is 6.54 Å². The Kier molecular flexibility index (Phi) is 7.25. The summed E-state index contributed by atoms with van der Waals surface area (Å²) in [6.07, 6.45) is 2.22. The fourth-order valence-corrected chi connectivity index (χ4v) is 2.92. The van der Waals surface area contributed by atoms with Crippen molar-refractivity contribution in [2.45, 2.75) is 24.8 Å². The van der Waals surface area contributed by atoms with Crippen LogP contribution >= 0.6 is 24.0 Å². The van der Waals surface area contributed by atoms with Crippen molar-refractivity contribution in [3.05, 3.63) is 65.5 Å². The largest absolute Gasteiger partial charge is 0.497 e. The highest BCUT2D eigenvalue weighted by Crippen LogP contribution is 2.47. The third kappa shape index (κ3) is 5.09.